The molecule has 0 radical (unpaired) electrons. The Morgan fingerprint density at radius 3 is 2.79 bits per heavy atom. The monoisotopic (exact) mass is 263 g/mol. The molecule has 2 aromatic rings. The predicted molar refractivity (Wildman–Crippen MR) is 70.3 cm³/mol. The fourth-order valence-electron chi connectivity index (χ4n) is 2.71. The van der Waals surface area contributed by atoms with Crippen LogP contribution in [0.4, 0.5) is 5.82 Å². The van der Waals surface area contributed by atoms with Gasteiger partial charge in [-0.1, -0.05) is 6.92 Å². The average Bonchev–Trinajstić information content (AvgIpc) is 2.94. The second-order valence-corrected chi connectivity index (χ2v) is 4.87. The molecule has 1 aliphatic rings. The van der Waals surface area contributed by atoms with Crippen LogP contribution in [-0.2, 0) is 0 Å². The third kappa shape index (κ3) is 1.78. The minimum atomic E-state index is -0.861. The SMILES string of the molecule is CCC1NC(c2c[nH]c3c(N)ncnc23)C(O)C1O. The lowest BCUT2D eigenvalue weighted by Gasteiger charge is -2.14. The van der Waals surface area contributed by atoms with Crippen LogP contribution in [0.15, 0.2) is 12.5 Å². The van der Waals surface area contributed by atoms with Crippen molar-refractivity contribution in [3.63, 3.8) is 0 Å². The largest absolute Gasteiger partial charge is 0.389 e. The number of nitrogens with zero attached hydrogens (tertiary/aromatic N) is 2. The Balaban J connectivity index is 2.04. The van der Waals surface area contributed by atoms with Crippen LogP contribution in [0.2, 0.25) is 0 Å². The van der Waals surface area contributed by atoms with Gasteiger partial charge in [0.15, 0.2) is 5.82 Å². The molecular weight excluding hydrogens is 246 g/mol. The summed E-state index contributed by atoms with van der Waals surface area (Å²) in [5.41, 5.74) is 7.89. The van der Waals surface area contributed by atoms with Crippen molar-refractivity contribution < 1.29 is 10.2 Å². The molecule has 6 N–H and O–H groups in total. The second-order valence-electron chi connectivity index (χ2n) is 4.87. The average molecular weight is 263 g/mol. The molecule has 4 atom stereocenters. The van der Waals surface area contributed by atoms with Gasteiger partial charge < -0.3 is 26.2 Å². The second kappa shape index (κ2) is 4.44. The Bertz CT molecular complexity index is 599. The van der Waals surface area contributed by atoms with E-state index in [-0.39, 0.29) is 12.1 Å². The van der Waals surface area contributed by atoms with Crippen molar-refractivity contribution in [3.8, 4) is 0 Å². The first kappa shape index (κ1) is 12.3. The molecule has 1 fully saturated rings. The van der Waals surface area contributed by atoms with Crippen LogP contribution in [-0.4, -0.2) is 43.4 Å². The highest BCUT2D eigenvalue weighted by atomic mass is 16.3. The molecule has 0 aliphatic carbocycles. The van der Waals surface area contributed by atoms with Crippen molar-refractivity contribution in [2.45, 2.75) is 37.6 Å². The van der Waals surface area contributed by atoms with Crippen LogP contribution in [0.3, 0.4) is 0 Å². The van der Waals surface area contributed by atoms with Gasteiger partial charge in [0.25, 0.3) is 0 Å². The molecule has 1 saturated heterocycles. The van der Waals surface area contributed by atoms with Crippen LogP contribution in [0.1, 0.15) is 24.9 Å². The van der Waals surface area contributed by atoms with Crippen LogP contribution < -0.4 is 11.1 Å². The van der Waals surface area contributed by atoms with Gasteiger partial charge in [0.05, 0.1) is 17.7 Å². The van der Waals surface area contributed by atoms with Crippen LogP contribution in [0.25, 0.3) is 11.0 Å². The first-order valence-electron chi connectivity index (χ1n) is 6.33. The molecule has 0 spiro atoms. The number of aromatic nitrogens is 3. The van der Waals surface area contributed by atoms with E-state index in [2.05, 4.69) is 20.3 Å². The third-order valence-electron chi connectivity index (χ3n) is 3.79. The summed E-state index contributed by atoms with van der Waals surface area (Å²) in [6.07, 6.45) is 2.25. The summed E-state index contributed by atoms with van der Waals surface area (Å²) in [5, 5.41) is 23.4. The molecule has 0 aromatic carbocycles. The molecule has 3 heterocycles. The highest BCUT2D eigenvalue weighted by molar-refractivity contribution is 5.87. The van der Waals surface area contributed by atoms with E-state index in [0.717, 1.165) is 12.0 Å². The summed E-state index contributed by atoms with van der Waals surface area (Å²) in [7, 11) is 0. The maximum atomic E-state index is 10.2. The van der Waals surface area contributed by atoms with Crippen molar-refractivity contribution >= 4 is 16.9 Å². The molecular formula is C12H17N5O2. The fourth-order valence-corrected chi connectivity index (χ4v) is 2.71. The number of nitrogen functional groups attached to an aromatic ring is 1. The van der Waals surface area contributed by atoms with E-state index >= 15 is 0 Å². The molecule has 102 valence electrons. The zero-order chi connectivity index (χ0) is 13.6. The number of rotatable bonds is 2. The topological polar surface area (TPSA) is 120 Å². The number of aromatic amines is 1. The Morgan fingerprint density at radius 1 is 1.32 bits per heavy atom. The van der Waals surface area contributed by atoms with Gasteiger partial charge in [-0.3, -0.25) is 0 Å². The summed E-state index contributed by atoms with van der Waals surface area (Å²) >= 11 is 0. The van der Waals surface area contributed by atoms with E-state index in [9.17, 15) is 10.2 Å². The van der Waals surface area contributed by atoms with E-state index in [0.29, 0.717) is 16.9 Å². The van der Waals surface area contributed by atoms with Gasteiger partial charge in [-0.05, 0) is 6.42 Å². The van der Waals surface area contributed by atoms with Crippen molar-refractivity contribution in [2.75, 3.05) is 5.73 Å². The molecule has 19 heavy (non-hydrogen) atoms. The highest BCUT2D eigenvalue weighted by Crippen LogP contribution is 2.33. The number of hydrogen-bond acceptors (Lipinski definition) is 6. The number of nitrogens with two attached hydrogens (primary N) is 1. The number of anilines is 1. The molecule has 0 saturated carbocycles. The summed E-state index contributed by atoms with van der Waals surface area (Å²) in [5.74, 6) is 0.372. The summed E-state index contributed by atoms with van der Waals surface area (Å²) < 4.78 is 0. The van der Waals surface area contributed by atoms with Crippen molar-refractivity contribution in [1.82, 2.24) is 20.3 Å². The summed E-state index contributed by atoms with van der Waals surface area (Å²) in [6, 6.07) is -0.480. The van der Waals surface area contributed by atoms with Gasteiger partial charge in [0.2, 0.25) is 0 Å². The summed E-state index contributed by atoms with van der Waals surface area (Å²) in [6.45, 7) is 1.96. The number of aliphatic hydroxyl groups is 2. The number of nitrogens with one attached hydrogen (secondary N) is 2. The highest BCUT2D eigenvalue weighted by Gasteiger charge is 2.41. The van der Waals surface area contributed by atoms with Gasteiger partial charge in [-0.15, -0.1) is 0 Å². The van der Waals surface area contributed by atoms with E-state index in [1.54, 1.807) is 6.20 Å². The van der Waals surface area contributed by atoms with Crippen LogP contribution in [0.5, 0.6) is 0 Å². The van der Waals surface area contributed by atoms with Gasteiger partial charge in [-0.2, -0.15) is 0 Å². The molecule has 2 aromatic heterocycles. The lowest BCUT2D eigenvalue weighted by atomic mass is 10.0. The zero-order valence-corrected chi connectivity index (χ0v) is 10.5. The maximum Gasteiger partial charge on any atom is 0.151 e. The molecule has 7 heteroatoms. The Hall–Kier alpha value is -1.70. The van der Waals surface area contributed by atoms with E-state index in [1.807, 2.05) is 6.92 Å². The minimum absolute atomic E-state index is 0.121. The number of H-pyrrole nitrogens is 1. The minimum Gasteiger partial charge on any atom is -0.389 e. The molecule has 1 aliphatic heterocycles. The Morgan fingerprint density at radius 2 is 2.11 bits per heavy atom. The number of aliphatic hydroxyl groups excluding tert-OH is 2. The van der Waals surface area contributed by atoms with Crippen LogP contribution in [0, 0.1) is 0 Å². The first-order valence-corrected chi connectivity index (χ1v) is 6.33. The molecule has 3 rings (SSSR count). The third-order valence-corrected chi connectivity index (χ3v) is 3.79. The predicted octanol–water partition coefficient (Wildman–Crippen LogP) is -0.315. The zero-order valence-electron chi connectivity index (χ0n) is 10.5. The standard InChI is InChI=1S/C12H17N5O2/c1-2-6-10(18)11(19)8(17-6)5-3-14-9-7(5)15-4-16-12(9)13/h3-4,6,8,10-11,14,17-19H,2H2,1H3,(H2,13,15,16). The van der Waals surface area contributed by atoms with Gasteiger partial charge in [0, 0.05) is 17.8 Å². The van der Waals surface area contributed by atoms with E-state index in [4.69, 9.17) is 5.73 Å². The lowest BCUT2D eigenvalue weighted by molar-refractivity contribution is 0.0276. The van der Waals surface area contributed by atoms with Crippen molar-refractivity contribution in [1.29, 1.82) is 0 Å². The van der Waals surface area contributed by atoms with Gasteiger partial charge in [0.1, 0.15) is 17.9 Å². The Kier molecular flexibility index (Phi) is 2.89. The smallest absolute Gasteiger partial charge is 0.151 e. The van der Waals surface area contributed by atoms with E-state index in [1.165, 1.54) is 6.33 Å². The van der Waals surface area contributed by atoms with Crippen molar-refractivity contribution in [2.24, 2.45) is 0 Å². The van der Waals surface area contributed by atoms with Crippen LogP contribution >= 0.6 is 0 Å². The molecule has 4 unspecified atom stereocenters. The normalized spacial score (nSPS) is 31.1. The van der Waals surface area contributed by atoms with Gasteiger partial charge >= 0.3 is 0 Å². The van der Waals surface area contributed by atoms with Crippen molar-refractivity contribution in [3.05, 3.63) is 18.1 Å². The lowest BCUT2D eigenvalue weighted by Crippen LogP contribution is -2.31. The number of hydrogen-bond donors (Lipinski definition) is 5. The van der Waals surface area contributed by atoms with E-state index < -0.39 is 12.2 Å². The Labute approximate surface area is 109 Å². The fraction of sp³-hybridized carbons (Fsp3) is 0.500. The molecule has 7 nitrogen and oxygen atoms in total. The molecule has 0 bridgehead atoms. The van der Waals surface area contributed by atoms with Gasteiger partial charge in [-0.25, -0.2) is 9.97 Å². The maximum absolute atomic E-state index is 10.2. The number of fused-ring (bicyclic) bond motifs is 1. The first-order chi connectivity index (χ1) is 9.13. The molecule has 0 amide bonds. The summed E-state index contributed by atoms with van der Waals surface area (Å²) in [4.78, 5) is 11.1. The quantitative estimate of drug-likeness (QED) is 0.506.